The van der Waals surface area contributed by atoms with Gasteiger partial charge in [0.2, 0.25) is 5.91 Å². The van der Waals surface area contributed by atoms with Crippen molar-refractivity contribution in [3.8, 4) is 5.69 Å². The highest BCUT2D eigenvalue weighted by Gasteiger charge is 2.23. The van der Waals surface area contributed by atoms with E-state index in [0.29, 0.717) is 12.8 Å². The van der Waals surface area contributed by atoms with E-state index in [1.165, 1.54) is 0 Å². The molecule has 1 fully saturated rings. The molecule has 0 saturated carbocycles. The van der Waals surface area contributed by atoms with Gasteiger partial charge in [-0.15, -0.1) is 11.3 Å². The van der Waals surface area contributed by atoms with Gasteiger partial charge in [0.15, 0.2) is 0 Å². The molecule has 30 heavy (non-hydrogen) atoms. The van der Waals surface area contributed by atoms with Gasteiger partial charge in [-0.3, -0.25) is 4.79 Å². The molecular weight excluding hydrogens is 396 g/mol. The van der Waals surface area contributed by atoms with E-state index in [1.807, 2.05) is 57.7 Å². The zero-order valence-corrected chi connectivity index (χ0v) is 17.3. The minimum Gasteiger partial charge on any atom is -0.352 e. The number of nitrogens with zero attached hydrogens (tertiary/aromatic N) is 6. The Balaban J connectivity index is 1.16. The molecule has 8 heteroatoms. The van der Waals surface area contributed by atoms with Crippen LogP contribution in [0.4, 0.5) is 5.82 Å². The lowest BCUT2D eigenvalue weighted by Crippen LogP contribution is -2.49. The van der Waals surface area contributed by atoms with Crippen LogP contribution in [0.25, 0.3) is 15.9 Å². The molecule has 0 N–H and O–H groups in total. The molecule has 5 rings (SSSR count). The van der Waals surface area contributed by atoms with Gasteiger partial charge in [0.25, 0.3) is 0 Å². The van der Waals surface area contributed by atoms with Crippen molar-refractivity contribution in [1.82, 2.24) is 24.6 Å². The summed E-state index contributed by atoms with van der Waals surface area (Å²) in [5, 5.41) is 7.55. The molecular formula is C22H22N6OS. The third-order valence-electron chi connectivity index (χ3n) is 5.46. The van der Waals surface area contributed by atoms with Gasteiger partial charge < -0.3 is 9.80 Å². The third-order valence-corrected chi connectivity index (χ3v) is 6.28. The van der Waals surface area contributed by atoms with Crippen LogP contribution in [-0.4, -0.2) is 56.7 Å². The Kier molecular flexibility index (Phi) is 5.15. The minimum absolute atomic E-state index is 0.200. The smallest absolute Gasteiger partial charge is 0.223 e. The predicted molar refractivity (Wildman–Crippen MR) is 118 cm³/mol. The number of carbonyl (C=O) groups is 1. The maximum absolute atomic E-state index is 12.7. The maximum Gasteiger partial charge on any atom is 0.223 e. The van der Waals surface area contributed by atoms with E-state index in [4.69, 9.17) is 0 Å². The lowest BCUT2D eigenvalue weighted by Gasteiger charge is -2.35. The zero-order chi connectivity index (χ0) is 20.3. The Bertz CT molecular complexity index is 1150. The number of aromatic nitrogens is 4. The molecule has 1 aliphatic rings. The van der Waals surface area contributed by atoms with Gasteiger partial charge in [0.1, 0.15) is 17.0 Å². The van der Waals surface area contributed by atoms with Gasteiger partial charge in [0, 0.05) is 38.8 Å². The van der Waals surface area contributed by atoms with Crippen molar-refractivity contribution in [2.45, 2.75) is 12.8 Å². The molecule has 3 aromatic heterocycles. The topological polar surface area (TPSA) is 67.2 Å². The summed E-state index contributed by atoms with van der Waals surface area (Å²) in [5.41, 5.74) is 2.10. The Morgan fingerprint density at radius 3 is 2.70 bits per heavy atom. The average Bonchev–Trinajstić information content (AvgIpc) is 3.48. The number of fused-ring (bicyclic) bond motifs is 1. The Labute approximate surface area is 178 Å². The van der Waals surface area contributed by atoms with Gasteiger partial charge in [-0.1, -0.05) is 18.2 Å². The van der Waals surface area contributed by atoms with Crippen LogP contribution in [0.5, 0.6) is 0 Å². The summed E-state index contributed by atoms with van der Waals surface area (Å²) in [7, 11) is 0. The number of carbonyl (C=O) groups excluding carboxylic acids is 1. The fraction of sp³-hybridized carbons (Fsp3) is 0.273. The molecule has 0 aliphatic carbocycles. The van der Waals surface area contributed by atoms with Crippen LogP contribution in [0.2, 0.25) is 0 Å². The lowest BCUT2D eigenvalue weighted by molar-refractivity contribution is -0.131. The standard InChI is InChI=1S/C22H22N6OS/c29-20(7-6-17-14-25-28(15-17)18-4-2-1-3-5-18)26-9-11-27(12-10-26)21-19-8-13-30-22(19)24-16-23-21/h1-5,8,13-16H,6-7,9-12H2. The number of piperazine rings is 1. The highest BCUT2D eigenvalue weighted by atomic mass is 32.1. The molecule has 1 aliphatic heterocycles. The summed E-state index contributed by atoms with van der Waals surface area (Å²) in [6.45, 7) is 3.02. The molecule has 0 unspecified atom stereocenters. The Hall–Kier alpha value is -3.26. The molecule has 1 amide bonds. The predicted octanol–water partition coefficient (Wildman–Crippen LogP) is 3.16. The first kappa shape index (κ1) is 18.7. The van der Waals surface area contributed by atoms with Crippen LogP contribution in [0.15, 0.2) is 60.5 Å². The highest BCUT2D eigenvalue weighted by Crippen LogP contribution is 2.27. The molecule has 0 spiro atoms. The molecule has 1 saturated heterocycles. The first-order valence-electron chi connectivity index (χ1n) is 10.1. The summed E-state index contributed by atoms with van der Waals surface area (Å²) >= 11 is 1.63. The summed E-state index contributed by atoms with van der Waals surface area (Å²) in [5.74, 6) is 1.17. The molecule has 0 atom stereocenters. The van der Waals surface area contributed by atoms with Crippen LogP contribution in [0.3, 0.4) is 0 Å². The van der Waals surface area contributed by atoms with Gasteiger partial charge in [-0.05, 0) is 35.6 Å². The van der Waals surface area contributed by atoms with Gasteiger partial charge in [-0.25, -0.2) is 14.6 Å². The number of para-hydroxylation sites is 1. The average molecular weight is 419 g/mol. The minimum atomic E-state index is 0.200. The van der Waals surface area contributed by atoms with Crippen LogP contribution in [0, 0.1) is 0 Å². The van der Waals surface area contributed by atoms with Crippen molar-refractivity contribution < 1.29 is 4.79 Å². The monoisotopic (exact) mass is 418 g/mol. The molecule has 7 nitrogen and oxygen atoms in total. The number of hydrogen-bond donors (Lipinski definition) is 0. The van der Waals surface area contributed by atoms with Crippen LogP contribution < -0.4 is 4.90 Å². The van der Waals surface area contributed by atoms with E-state index in [0.717, 1.165) is 53.5 Å². The maximum atomic E-state index is 12.7. The number of aryl methyl sites for hydroxylation is 1. The van der Waals surface area contributed by atoms with Crippen molar-refractivity contribution in [2.75, 3.05) is 31.1 Å². The number of hydrogen-bond acceptors (Lipinski definition) is 6. The number of benzene rings is 1. The summed E-state index contributed by atoms with van der Waals surface area (Å²) in [6, 6.07) is 12.1. The second-order valence-corrected chi connectivity index (χ2v) is 8.23. The molecule has 0 bridgehead atoms. The Morgan fingerprint density at radius 1 is 1.03 bits per heavy atom. The SMILES string of the molecule is O=C(CCc1cnn(-c2ccccc2)c1)N1CCN(c2ncnc3sccc23)CC1. The van der Waals surface area contributed by atoms with Crippen molar-refractivity contribution in [2.24, 2.45) is 0 Å². The fourth-order valence-electron chi connectivity index (χ4n) is 3.82. The lowest BCUT2D eigenvalue weighted by atomic mass is 10.1. The molecule has 4 heterocycles. The summed E-state index contributed by atoms with van der Waals surface area (Å²) < 4.78 is 1.85. The second-order valence-electron chi connectivity index (χ2n) is 7.33. The largest absolute Gasteiger partial charge is 0.352 e. The fourth-order valence-corrected chi connectivity index (χ4v) is 4.54. The number of thiophene rings is 1. The van der Waals surface area contributed by atoms with E-state index in [2.05, 4.69) is 26.0 Å². The number of amides is 1. The van der Waals surface area contributed by atoms with Crippen LogP contribution >= 0.6 is 11.3 Å². The number of anilines is 1. The summed E-state index contributed by atoms with van der Waals surface area (Å²) in [4.78, 5) is 26.8. The molecule has 0 radical (unpaired) electrons. The third kappa shape index (κ3) is 3.78. The quantitative estimate of drug-likeness (QED) is 0.498. The first-order chi connectivity index (χ1) is 14.8. The number of rotatable bonds is 5. The van der Waals surface area contributed by atoms with Crippen molar-refractivity contribution in [3.05, 3.63) is 66.1 Å². The van der Waals surface area contributed by atoms with Crippen LogP contribution in [-0.2, 0) is 11.2 Å². The van der Waals surface area contributed by atoms with Gasteiger partial charge in [-0.2, -0.15) is 5.10 Å². The van der Waals surface area contributed by atoms with Crippen molar-refractivity contribution in [1.29, 1.82) is 0 Å². The van der Waals surface area contributed by atoms with E-state index in [1.54, 1.807) is 17.7 Å². The Morgan fingerprint density at radius 2 is 1.87 bits per heavy atom. The molecule has 1 aromatic carbocycles. The van der Waals surface area contributed by atoms with Gasteiger partial charge >= 0.3 is 0 Å². The molecule has 4 aromatic rings. The molecule has 152 valence electrons. The second kappa shape index (κ2) is 8.23. The highest BCUT2D eigenvalue weighted by molar-refractivity contribution is 7.16. The van der Waals surface area contributed by atoms with E-state index in [-0.39, 0.29) is 5.91 Å². The summed E-state index contributed by atoms with van der Waals surface area (Å²) in [6.07, 6.45) is 6.68. The normalized spacial score (nSPS) is 14.4. The van der Waals surface area contributed by atoms with Crippen molar-refractivity contribution in [3.63, 3.8) is 0 Å². The van der Waals surface area contributed by atoms with Crippen LogP contribution in [0.1, 0.15) is 12.0 Å². The van der Waals surface area contributed by atoms with E-state index >= 15 is 0 Å². The van der Waals surface area contributed by atoms with Gasteiger partial charge in [0.05, 0.1) is 17.3 Å². The van der Waals surface area contributed by atoms with E-state index in [9.17, 15) is 4.79 Å². The van der Waals surface area contributed by atoms with E-state index < -0.39 is 0 Å². The van der Waals surface area contributed by atoms with Crippen molar-refractivity contribution >= 4 is 33.3 Å². The zero-order valence-electron chi connectivity index (χ0n) is 16.5. The first-order valence-corrected chi connectivity index (χ1v) is 11.0.